The lowest BCUT2D eigenvalue weighted by Crippen LogP contribution is -2.34. The van der Waals surface area contributed by atoms with Gasteiger partial charge in [-0.15, -0.1) is 0 Å². The molecule has 2 aromatic heterocycles. The topological polar surface area (TPSA) is 46.0 Å². The van der Waals surface area contributed by atoms with Crippen LogP contribution in [-0.2, 0) is 0 Å². The van der Waals surface area contributed by atoms with Gasteiger partial charge in [0.1, 0.15) is 16.7 Å². The Kier molecular flexibility index (Phi) is 3.95. The molecule has 1 N–H and O–H groups in total. The van der Waals surface area contributed by atoms with Crippen molar-refractivity contribution in [2.75, 3.05) is 5.01 Å². The minimum Gasteiger partial charge on any atom is -0.292 e. The summed E-state index contributed by atoms with van der Waals surface area (Å²) in [7, 11) is 0. The Morgan fingerprint density at radius 2 is 1.96 bits per heavy atom. The Bertz CT molecular complexity index is 962. The van der Waals surface area contributed by atoms with Gasteiger partial charge in [-0.25, -0.2) is 14.1 Å². The number of anilines is 1. The largest absolute Gasteiger partial charge is 0.292 e. The molecule has 3 aromatic rings. The van der Waals surface area contributed by atoms with E-state index in [4.69, 9.17) is 11.6 Å². The van der Waals surface area contributed by atoms with E-state index >= 15 is 0 Å². The number of aromatic nitrogens is 3. The Balaban J connectivity index is 1.67. The average molecular weight is 354 g/mol. The van der Waals surface area contributed by atoms with Crippen LogP contribution in [0.2, 0.25) is 5.15 Å². The first-order chi connectivity index (χ1) is 12.2. The molecule has 0 radical (unpaired) electrons. The van der Waals surface area contributed by atoms with Gasteiger partial charge in [-0.05, 0) is 42.5 Å². The second kappa shape index (κ2) is 6.41. The lowest BCUT2D eigenvalue weighted by molar-refractivity contribution is 0.609. The molecule has 0 unspecified atom stereocenters. The number of hydrazine groups is 1. The lowest BCUT2D eigenvalue weighted by Gasteiger charge is -2.26. The van der Waals surface area contributed by atoms with Gasteiger partial charge in [0.15, 0.2) is 0 Å². The van der Waals surface area contributed by atoms with Gasteiger partial charge in [-0.2, -0.15) is 5.10 Å². The Labute approximate surface area is 148 Å². The van der Waals surface area contributed by atoms with Gasteiger partial charge in [0.2, 0.25) is 0 Å². The van der Waals surface area contributed by atoms with E-state index in [1.54, 1.807) is 46.3 Å². The third-order valence-corrected chi connectivity index (χ3v) is 3.95. The average Bonchev–Trinajstić information content (AvgIpc) is 3.12. The number of rotatable bonds is 3. The SMILES string of the molecule is Fc1ccccc1-n1nccc1C1=CC=CN(c2ccc(Cl)nc2)N1. The summed E-state index contributed by atoms with van der Waals surface area (Å²) in [5.74, 6) is -0.335. The number of para-hydroxylation sites is 1. The van der Waals surface area contributed by atoms with Crippen LogP contribution in [0.4, 0.5) is 10.1 Å². The fraction of sp³-hybridized carbons (Fsp3) is 0. The van der Waals surface area contributed by atoms with E-state index in [1.807, 2.05) is 30.5 Å². The minimum absolute atomic E-state index is 0.335. The van der Waals surface area contributed by atoms with Crippen LogP contribution < -0.4 is 10.4 Å². The Morgan fingerprint density at radius 1 is 1.08 bits per heavy atom. The summed E-state index contributed by atoms with van der Waals surface area (Å²) in [5, 5.41) is 6.49. The molecule has 0 bridgehead atoms. The lowest BCUT2D eigenvalue weighted by atomic mass is 10.2. The molecule has 0 saturated carbocycles. The molecular weight excluding hydrogens is 341 g/mol. The van der Waals surface area contributed by atoms with Crippen molar-refractivity contribution >= 4 is 23.0 Å². The highest BCUT2D eigenvalue weighted by molar-refractivity contribution is 6.29. The molecule has 7 heteroatoms. The fourth-order valence-electron chi connectivity index (χ4n) is 2.56. The zero-order chi connectivity index (χ0) is 17.2. The first-order valence-corrected chi connectivity index (χ1v) is 7.95. The number of benzene rings is 1. The first kappa shape index (κ1) is 15.4. The quantitative estimate of drug-likeness (QED) is 0.724. The van der Waals surface area contributed by atoms with Crippen LogP contribution in [0.3, 0.4) is 0 Å². The van der Waals surface area contributed by atoms with Crippen molar-refractivity contribution < 1.29 is 4.39 Å². The van der Waals surface area contributed by atoms with E-state index in [9.17, 15) is 4.39 Å². The summed E-state index contributed by atoms with van der Waals surface area (Å²) in [5.41, 5.74) is 5.99. The molecule has 5 nitrogen and oxygen atoms in total. The molecule has 1 aliphatic rings. The molecule has 0 spiro atoms. The summed E-state index contributed by atoms with van der Waals surface area (Å²) in [6, 6.07) is 11.9. The molecule has 25 heavy (non-hydrogen) atoms. The van der Waals surface area contributed by atoms with Gasteiger partial charge in [0, 0.05) is 6.20 Å². The van der Waals surface area contributed by atoms with Crippen LogP contribution in [-0.4, -0.2) is 14.8 Å². The van der Waals surface area contributed by atoms with E-state index in [2.05, 4.69) is 15.5 Å². The van der Waals surface area contributed by atoms with Crippen LogP contribution in [0.5, 0.6) is 0 Å². The van der Waals surface area contributed by atoms with E-state index in [-0.39, 0.29) is 5.82 Å². The van der Waals surface area contributed by atoms with E-state index < -0.39 is 0 Å². The molecule has 1 aromatic carbocycles. The molecule has 4 rings (SSSR count). The van der Waals surface area contributed by atoms with Gasteiger partial charge in [0.25, 0.3) is 0 Å². The van der Waals surface area contributed by atoms with Crippen molar-refractivity contribution in [2.24, 2.45) is 0 Å². The summed E-state index contributed by atoms with van der Waals surface area (Å²) in [6.07, 6.45) is 8.94. The maximum Gasteiger partial charge on any atom is 0.148 e. The second-order valence-corrected chi connectivity index (χ2v) is 5.71. The zero-order valence-electron chi connectivity index (χ0n) is 13.0. The third kappa shape index (κ3) is 2.99. The second-order valence-electron chi connectivity index (χ2n) is 5.32. The summed E-state index contributed by atoms with van der Waals surface area (Å²) in [4.78, 5) is 4.08. The summed E-state index contributed by atoms with van der Waals surface area (Å²) < 4.78 is 15.7. The van der Waals surface area contributed by atoms with Crippen molar-refractivity contribution in [3.05, 3.63) is 89.9 Å². The summed E-state index contributed by atoms with van der Waals surface area (Å²) >= 11 is 5.84. The van der Waals surface area contributed by atoms with Gasteiger partial charge in [0.05, 0.1) is 29.5 Å². The molecule has 0 atom stereocenters. The number of hydrogen-bond acceptors (Lipinski definition) is 4. The van der Waals surface area contributed by atoms with E-state index in [0.717, 1.165) is 17.1 Å². The molecule has 3 heterocycles. The van der Waals surface area contributed by atoms with Crippen LogP contribution in [0.15, 0.2) is 73.2 Å². The predicted octanol–water partition coefficient (Wildman–Crippen LogP) is 3.94. The van der Waals surface area contributed by atoms with Crippen molar-refractivity contribution in [1.82, 2.24) is 20.2 Å². The van der Waals surface area contributed by atoms with Crippen LogP contribution in [0.1, 0.15) is 5.69 Å². The number of nitrogens with one attached hydrogen (secondary N) is 1. The van der Waals surface area contributed by atoms with Crippen LogP contribution >= 0.6 is 11.6 Å². The normalized spacial score (nSPS) is 13.5. The molecular formula is C18H13ClFN5. The number of allylic oxidation sites excluding steroid dienone is 2. The number of halogens is 2. The third-order valence-electron chi connectivity index (χ3n) is 3.73. The fourth-order valence-corrected chi connectivity index (χ4v) is 2.67. The highest BCUT2D eigenvalue weighted by atomic mass is 35.5. The number of hydrogen-bond donors (Lipinski definition) is 1. The Hall–Kier alpha value is -3.12. The maximum absolute atomic E-state index is 14.1. The van der Waals surface area contributed by atoms with Crippen molar-refractivity contribution in [3.63, 3.8) is 0 Å². The monoisotopic (exact) mass is 353 g/mol. The van der Waals surface area contributed by atoms with Gasteiger partial charge >= 0.3 is 0 Å². The van der Waals surface area contributed by atoms with Crippen molar-refractivity contribution in [2.45, 2.75) is 0 Å². The standard InChI is InChI=1S/C18H13ClFN5/c19-18-8-7-13(12-21-18)24-11-3-5-15(23-24)17-9-10-22-25(17)16-6-2-1-4-14(16)20/h1-12,23H. The highest BCUT2D eigenvalue weighted by Gasteiger charge is 2.16. The van der Waals surface area contributed by atoms with Crippen molar-refractivity contribution in [1.29, 1.82) is 0 Å². The molecule has 0 aliphatic carbocycles. The van der Waals surface area contributed by atoms with Crippen LogP contribution in [0, 0.1) is 5.82 Å². The minimum atomic E-state index is -0.335. The molecule has 0 amide bonds. The molecule has 0 saturated heterocycles. The van der Waals surface area contributed by atoms with Crippen LogP contribution in [0.25, 0.3) is 11.4 Å². The smallest absolute Gasteiger partial charge is 0.148 e. The van der Waals surface area contributed by atoms with Crippen molar-refractivity contribution in [3.8, 4) is 5.69 Å². The van der Waals surface area contributed by atoms with E-state index in [1.165, 1.54) is 6.07 Å². The van der Waals surface area contributed by atoms with Gasteiger partial charge in [-0.1, -0.05) is 23.7 Å². The molecule has 124 valence electrons. The number of nitrogens with zero attached hydrogens (tertiary/aromatic N) is 4. The predicted molar refractivity (Wildman–Crippen MR) is 95.5 cm³/mol. The summed E-state index contributed by atoms with van der Waals surface area (Å²) in [6.45, 7) is 0. The zero-order valence-corrected chi connectivity index (χ0v) is 13.7. The highest BCUT2D eigenvalue weighted by Crippen LogP contribution is 2.23. The van der Waals surface area contributed by atoms with Gasteiger partial charge in [-0.3, -0.25) is 10.4 Å². The molecule has 1 aliphatic heterocycles. The maximum atomic E-state index is 14.1. The number of pyridine rings is 1. The van der Waals surface area contributed by atoms with E-state index in [0.29, 0.717) is 10.8 Å². The first-order valence-electron chi connectivity index (χ1n) is 7.57. The Morgan fingerprint density at radius 3 is 2.76 bits per heavy atom. The van der Waals surface area contributed by atoms with Gasteiger partial charge < -0.3 is 0 Å². The molecule has 0 fully saturated rings.